The Hall–Kier alpha value is -5.91. The molecule has 0 radical (unpaired) electrons. The van der Waals surface area contributed by atoms with Gasteiger partial charge in [0, 0.05) is 30.3 Å². The highest BCUT2D eigenvalue weighted by Crippen LogP contribution is 2.51. The van der Waals surface area contributed by atoms with Crippen LogP contribution in [0.1, 0.15) is 81.0 Å². The van der Waals surface area contributed by atoms with E-state index >= 15 is 0 Å². The van der Waals surface area contributed by atoms with Gasteiger partial charge in [0.25, 0.3) is 14.1 Å². The zero-order chi connectivity index (χ0) is 48.2. The topological polar surface area (TPSA) is 113 Å². The summed E-state index contributed by atoms with van der Waals surface area (Å²) in [5.74, 6) is 1.43. The molecule has 0 saturated carbocycles. The fourth-order valence-corrected chi connectivity index (χ4v) is 11.8. The van der Waals surface area contributed by atoms with Crippen molar-refractivity contribution in [3.63, 3.8) is 0 Å². The number of aromatic nitrogens is 2. The van der Waals surface area contributed by atoms with Gasteiger partial charge in [0.1, 0.15) is 29.4 Å². The van der Waals surface area contributed by atoms with Crippen molar-refractivity contribution in [2.45, 2.75) is 96.4 Å². The van der Waals surface area contributed by atoms with Crippen molar-refractivity contribution in [3.05, 3.63) is 188 Å². The van der Waals surface area contributed by atoms with Crippen molar-refractivity contribution in [2.24, 2.45) is 0 Å². The Bertz CT molecular complexity index is 3030. The smallest absolute Gasteiger partial charge is 0.330 e. The molecule has 1 N–H and O–H groups in total. The summed E-state index contributed by atoms with van der Waals surface area (Å²) < 4.78 is 43.3. The minimum Gasteiger partial charge on any atom is -0.497 e. The largest absolute Gasteiger partial charge is 0.497 e. The van der Waals surface area contributed by atoms with Crippen LogP contribution in [0.4, 0.5) is 0 Å². The molecule has 69 heavy (non-hydrogen) atoms. The normalized spacial score (nSPS) is 17.0. The second-order valence-electron chi connectivity index (χ2n) is 18.5. The molecule has 8 aromatic rings. The van der Waals surface area contributed by atoms with E-state index in [0.717, 1.165) is 36.0 Å². The molecule has 0 bridgehead atoms. The maximum atomic E-state index is 13.5. The molecule has 1 aliphatic rings. The summed E-state index contributed by atoms with van der Waals surface area (Å²) in [6, 6.07) is 46.2. The highest BCUT2D eigenvalue weighted by atomic mass is 31.2. The molecule has 1 aliphatic heterocycles. The average molecular weight is 948 g/mol. The third-order valence-electron chi connectivity index (χ3n) is 13.4. The van der Waals surface area contributed by atoms with E-state index in [-0.39, 0.29) is 18.7 Å². The van der Waals surface area contributed by atoms with Crippen LogP contribution in [0.5, 0.6) is 11.5 Å². The van der Waals surface area contributed by atoms with Crippen LogP contribution in [0.3, 0.4) is 0 Å². The SMILES string of the molecule is COc1ccc(C(OC[C@H]2O[C@@H](n3cc(C)c(=O)[nH]c3=O)C[C@@H]2OP(OCCCCc2ccc3ccc4cccc5ccc2c3c45)N(C(C)C)C(C)C)(c2ccccc2)c2ccc(OC)cc2)cc1. The maximum absolute atomic E-state index is 13.5. The number of hydrogen-bond acceptors (Lipinski definition) is 9. The third kappa shape index (κ3) is 9.82. The molecular formula is C57H62N3O8P. The van der Waals surface area contributed by atoms with Gasteiger partial charge in [-0.05, 0) is 133 Å². The molecule has 358 valence electrons. The van der Waals surface area contributed by atoms with Gasteiger partial charge in [-0.25, -0.2) is 9.46 Å². The number of aromatic amines is 1. The van der Waals surface area contributed by atoms with E-state index in [2.05, 4.69) is 104 Å². The molecule has 0 spiro atoms. The minimum absolute atomic E-state index is 0.0665. The van der Waals surface area contributed by atoms with Crippen LogP contribution < -0.4 is 20.7 Å². The van der Waals surface area contributed by atoms with Crippen molar-refractivity contribution in [1.82, 2.24) is 14.2 Å². The molecule has 1 aromatic heterocycles. The predicted octanol–water partition coefficient (Wildman–Crippen LogP) is 11.8. The van der Waals surface area contributed by atoms with E-state index in [1.807, 2.05) is 66.7 Å². The lowest BCUT2D eigenvalue weighted by Gasteiger charge is -2.39. The Morgan fingerprint density at radius 3 is 1.94 bits per heavy atom. The number of hydrogen-bond donors (Lipinski definition) is 1. The molecular weight excluding hydrogens is 886 g/mol. The Labute approximate surface area is 405 Å². The summed E-state index contributed by atoms with van der Waals surface area (Å²) in [4.78, 5) is 28.5. The molecule has 9 rings (SSSR count). The fraction of sp³-hybridized carbons (Fsp3) is 0.333. The van der Waals surface area contributed by atoms with Crippen LogP contribution in [0.2, 0.25) is 0 Å². The van der Waals surface area contributed by atoms with Gasteiger partial charge in [-0.1, -0.05) is 109 Å². The first kappa shape index (κ1) is 48.1. The minimum atomic E-state index is -1.63. The molecule has 1 saturated heterocycles. The highest BCUT2D eigenvalue weighted by molar-refractivity contribution is 7.44. The van der Waals surface area contributed by atoms with Gasteiger partial charge < -0.3 is 28.0 Å². The monoisotopic (exact) mass is 947 g/mol. The van der Waals surface area contributed by atoms with E-state index in [9.17, 15) is 9.59 Å². The second-order valence-corrected chi connectivity index (χ2v) is 19.9. The molecule has 0 aliphatic carbocycles. The van der Waals surface area contributed by atoms with Gasteiger partial charge in [0.05, 0.1) is 33.5 Å². The molecule has 0 amide bonds. The predicted molar refractivity (Wildman–Crippen MR) is 276 cm³/mol. The van der Waals surface area contributed by atoms with Crippen LogP contribution in [-0.4, -0.2) is 65.9 Å². The molecule has 7 aromatic carbocycles. The zero-order valence-electron chi connectivity index (χ0n) is 40.5. The fourth-order valence-electron chi connectivity index (χ4n) is 10.0. The summed E-state index contributed by atoms with van der Waals surface area (Å²) in [6.07, 6.45) is 2.57. The van der Waals surface area contributed by atoms with Crippen LogP contribution in [0, 0.1) is 6.92 Å². The van der Waals surface area contributed by atoms with Gasteiger partial charge in [-0.2, -0.15) is 0 Å². The quantitative estimate of drug-likeness (QED) is 0.0345. The van der Waals surface area contributed by atoms with Crippen LogP contribution in [0.15, 0.2) is 149 Å². The van der Waals surface area contributed by atoms with E-state index < -0.39 is 43.8 Å². The number of aryl methyl sites for hydroxylation is 2. The standard InChI is InChI=1S/C57H62N3O8P/c1-37(2)60(38(3)4)69(66-33-12-11-14-40-19-20-43-22-21-41-15-13-16-42-23-32-49(40)54(43)53(41)42)68-50-34-52(59-35-39(5)55(61)58-56(59)62)67-51(50)36-65-57(44-17-9-8-10-18-44,45-24-28-47(63-6)29-25-45)46-26-30-48(64-7)31-27-46/h8-10,13,15-32,35,37-38,50-52H,11-12,14,33-34,36H2,1-7H3,(H,58,61,62)/t50-,51+,52+,69?/m0/s1. The summed E-state index contributed by atoms with van der Waals surface area (Å²) in [5, 5.41) is 7.78. The number of rotatable bonds is 20. The van der Waals surface area contributed by atoms with Crippen LogP contribution in [-0.2, 0) is 30.5 Å². The lowest BCUT2D eigenvalue weighted by Crippen LogP contribution is -2.39. The van der Waals surface area contributed by atoms with Gasteiger partial charge in [0.2, 0.25) is 0 Å². The lowest BCUT2D eigenvalue weighted by molar-refractivity contribution is -0.0926. The van der Waals surface area contributed by atoms with E-state index in [4.69, 9.17) is 28.0 Å². The Kier molecular flexibility index (Phi) is 14.6. The van der Waals surface area contributed by atoms with Crippen LogP contribution >= 0.6 is 8.53 Å². The zero-order valence-corrected chi connectivity index (χ0v) is 41.4. The first-order valence-electron chi connectivity index (χ1n) is 24.0. The third-order valence-corrected chi connectivity index (χ3v) is 15.6. The molecule has 4 atom stereocenters. The molecule has 12 heteroatoms. The number of nitrogens with zero attached hydrogens (tertiary/aromatic N) is 2. The van der Waals surface area contributed by atoms with Crippen molar-refractivity contribution in [2.75, 3.05) is 27.4 Å². The van der Waals surface area contributed by atoms with Gasteiger partial charge in [0.15, 0.2) is 0 Å². The number of nitrogens with one attached hydrogen (secondary N) is 1. The molecule has 1 unspecified atom stereocenters. The molecule has 2 heterocycles. The first-order chi connectivity index (χ1) is 33.5. The first-order valence-corrected chi connectivity index (χ1v) is 25.1. The van der Waals surface area contributed by atoms with Crippen molar-refractivity contribution in [1.29, 1.82) is 0 Å². The van der Waals surface area contributed by atoms with Gasteiger partial charge >= 0.3 is 5.69 Å². The number of H-pyrrole nitrogens is 1. The Balaban J connectivity index is 1.01. The molecule has 1 fully saturated rings. The van der Waals surface area contributed by atoms with Crippen molar-refractivity contribution in [3.8, 4) is 11.5 Å². The van der Waals surface area contributed by atoms with Gasteiger partial charge in [-0.15, -0.1) is 0 Å². The number of benzene rings is 7. The number of ether oxygens (including phenoxy) is 4. The average Bonchev–Trinajstić information content (AvgIpc) is 3.76. The number of methoxy groups -OCH3 is 2. The van der Waals surface area contributed by atoms with Crippen molar-refractivity contribution < 1.29 is 28.0 Å². The van der Waals surface area contributed by atoms with Crippen LogP contribution in [0.25, 0.3) is 32.3 Å². The summed E-state index contributed by atoms with van der Waals surface area (Å²) >= 11 is 0. The second kappa shape index (κ2) is 21.0. The Morgan fingerprint density at radius 1 is 0.725 bits per heavy atom. The van der Waals surface area contributed by atoms with Crippen molar-refractivity contribution >= 4 is 40.8 Å². The van der Waals surface area contributed by atoms with E-state index in [1.54, 1.807) is 27.3 Å². The Morgan fingerprint density at radius 2 is 1.32 bits per heavy atom. The maximum Gasteiger partial charge on any atom is 0.330 e. The molecule has 11 nitrogen and oxygen atoms in total. The van der Waals surface area contributed by atoms with E-state index in [0.29, 0.717) is 30.1 Å². The highest BCUT2D eigenvalue weighted by Gasteiger charge is 2.45. The van der Waals surface area contributed by atoms with Gasteiger partial charge in [-0.3, -0.25) is 14.3 Å². The summed E-state index contributed by atoms with van der Waals surface area (Å²) in [5.41, 5.74) is 2.26. The lowest BCUT2D eigenvalue weighted by atomic mass is 9.80. The summed E-state index contributed by atoms with van der Waals surface area (Å²) in [6.45, 7) is 10.9. The van der Waals surface area contributed by atoms with E-state index in [1.165, 1.54) is 42.4 Å². The summed E-state index contributed by atoms with van der Waals surface area (Å²) in [7, 11) is 1.67. The number of unbranched alkanes of at least 4 members (excludes halogenated alkanes) is 1.